The molecule has 3 rings (SSSR count). The monoisotopic (exact) mass is 413 g/mol. The first-order valence-corrected chi connectivity index (χ1v) is 10.1. The Morgan fingerprint density at radius 2 is 1.80 bits per heavy atom. The van der Waals surface area contributed by atoms with Crippen molar-refractivity contribution in [2.75, 3.05) is 0 Å². The second-order valence-corrected chi connectivity index (χ2v) is 8.25. The van der Waals surface area contributed by atoms with Crippen LogP contribution < -0.4 is 10.9 Å². The first kappa shape index (κ1) is 21.6. The van der Waals surface area contributed by atoms with Gasteiger partial charge in [0.1, 0.15) is 17.2 Å². The van der Waals surface area contributed by atoms with Crippen LogP contribution in [0.2, 0.25) is 0 Å². The van der Waals surface area contributed by atoms with Crippen LogP contribution in [0.1, 0.15) is 48.9 Å². The van der Waals surface area contributed by atoms with E-state index in [9.17, 15) is 19.5 Å². The highest BCUT2D eigenvalue weighted by molar-refractivity contribution is 5.99. The molecule has 160 valence electrons. The highest BCUT2D eigenvalue weighted by Gasteiger charge is 2.22. The molecule has 0 radical (unpaired) electrons. The van der Waals surface area contributed by atoms with Gasteiger partial charge < -0.3 is 19.3 Å². The summed E-state index contributed by atoms with van der Waals surface area (Å²) in [5, 5.41) is 13.6. The van der Waals surface area contributed by atoms with E-state index in [0.29, 0.717) is 23.2 Å². The molecule has 1 aromatic carbocycles. The maximum absolute atomic E-state index is 12.6. The lowest BCUT2D eigenvalue weighted by molar-refractivity contribution is -0.142. The first-order valence-electron chi connectivity index (χ1n) is 10.1. The minimum atomic E-state index is -1.06. The van der Waals surface area contributed by atoms with Crippen molar-refractivity contribution >= 4 is 33.8 Å². The first-order chi connectivity index (χ1) is 14.1. The molecule has 3 aromatic rings. The van der Waals surface area contributed by atoms with Crippen molar-refractivity contribution in [3.63, 3.8) is 0 Å². The van der Waals surface area contributed by atoms with Gasteiger partial charge in [-0.1, -0.05) is 13.8 Å². The van der Waals surface area contributed by atoms with Gasteiger partial charge >= 0.3 is 11.6 Å². The van der Waals surface area contributed by atoms with Crippen molar-refractivity contribution in [3.8, 4) is 0 Å². The third kappa shape index (κ3) is 4.10. The molecular formula is C23H27NO6. The molecule has 1 unspecified atom stereocenters. The normalized spacial score (nSPS) is 12.6. The Balaban J connectivity index is 1.88. The van der Waals surface area contributed by atoms with Gasteiger partial charge in [-0.3, -0.25) is 4.79 Å². The maximum Gasteiger partial charge on any atom is 0.339 e. The summed E-state index contributed by atoms with van der Waals surface area (Å²) in [6, 6.07) is 1.01. The van der Waals surface area contributed by atoms with Crippen molar-refractivity contribution in [3.05, 3.63) is 45.0 Å². The van der Waals surface area contributed by atoms with Gasteiger partial charge in [0.15, 0.2) is 0 Å². The predicted octanol–water partition coefficient (Wildman–Crippen LogP) is 4.01. The van der Waals surface area contributed by atoms with Crippen molar-refractivity contribution in [2.45, 2.75) is 59.9 Å². The molecule has 0 fully saturated rings. The molecule has 30 heavy (non-hydrogen) atoms. The van der Waals surface area contributed by atoms with Crippen LogP contribution in [0.3, 0.4) is 0 Å². The number of aryl methyl sites for hydroxylation is 3. The maximum atomic E-state index is 12.6. The van der Waals surface area contributed by atoms with Gasteiger partial charge in [0.05, 0.1) is 6.26 Å². The molecule has 7 nitrogen and oxygen atoms in total. The average molecular weight is 413 g/mol. The number of hydrogen-bond donors (Lipinski definition) is 2. The van der Waals surface area contributed by atoms with Crippen LogP contribution in [-0.2, 0) is 16.0 Å². The Morgan fingerprint density at radius 1 is 1.10 bits per heavy atom. The Bertz CT molecular complexity index is 1180. The topological polar surface area (TPSA) is 110 Å². The van der Waals surface area contributed by atoms with Crippen LogP contribution in [0.15, 0.2) is 26.0 Å². The van der Waals surface area contributed by atoms with Gasteiger partial charge in [-0.15, -0.1) is 0 Å². The van der Waals surface area contributed by atoms with Crippen molar-refractivity contribution in [2.24, 2.45) is 5.92 Å². The summed E-state index contributed by atoms with van der Waals surface area (Å²) in [4.78, 5) is 36.3. The van der Waals surface area contributed by atoms with Crippen LogP contribution in [0.25, 0.3) is 21.9 Å². The summed E-state index contributed by atoms with van der Waals surface area (Å²) >= 11 is 0. The van der Waals surface area contributed by atoms with E-state index in [0.717, 1.165) is 27.5 Å². The van der Waals surface area contributed by atoms with Crippen LogP contribution in [0.4, 0.5) is 0 Å². The second kappa shape index (κ2) is 8.34. The van der Waals surface area contributed by atoms with Crippen LogP contribution >= 0.6 is 0 Å². The van der Waals surface area contributed by atoms with E-state index < -0.39 is 23.5 Å². The molecule has 0 aliphatic carbocycles. The number of furan rings is 1. The molecule has 7 heteroatoms. The van der Waals surface area contributed by atoms with Gasteiger partial charge in [-0.25, -0.2) is 9.59 Å². The summed E-state index contributed by atoms with van der Waals surface area (Å²) in [7, 11) is 0. The van der Waals surface area contributed by atoms with E-state index in [-0.39, 0.29) is 18.8 Å². The Hall–Kier alpha value is -3.09. The summed E-state index contributed by atoms with van der Waals surface area (Å²) in [5.41, 5.74) is 3.62. The van der Waals surface area contributed by atoms with Crippen molar-refractivity contribution in [1.29, 1.82) is 0 Å². The fraction of sp³-hybridized carbons (Fsp3) is 0.435. The Kier molecular flexibility index (Phi) is 6.01. The molecular weight excluding hydrogens is 386 g/mol. The lowest BCUT2D eigenvalue weighted by Gasteiger charge is -2.16. The van der Waals surface area contributed by atoms with E-state index in [1.807, 2.05) is 40.7 Å². The molecule has 2 N–H and O–H groups in total. The number of amides is 1. The standard InChI is InChI=1S/C23H27NO6/c1-11(2)8-18(22(26)27)24-19(25)7-6-15-13(4)17-9-16-12(3)10-29-20(16)14(5)21(17)30-23(15)28/h9-11,18H,6-8H2,1-5H3,(H,24,25)(H,26,27). The molecule has 1 atom stereocenters. The average Bonchev–Trinajstić information content (AvgIpc) is 3.03. The number of carboxylic acids is 1. The van der Waals surface area contributed by atoms with Crippen LogP contribution in [0.5, 0.6) is 0 Å². The quantitative estimate of drug-likeness (QED) is 0.566. The molecule has 2 heterocycles. The highest BCUT2D eigenvalue weighted by atomic mass is 16.4. The molecule has 0 spiro atoms. The number of fused-ring (bicyclic) bond motifs is 2. The fourth-order valence-electron chi connectivity index (χ4n) is 3.81. The predicted molar refractivity (Wildman–Crippen MR) is 114 cm³/mol. The largest absolute Gasteiger partial charge is 0.480 e. The summed E-state index contributed by atoms with van der Waals surface area (Å²) in [5.74, 6) is -1.33. The number of carboxylic acid groups (broad SMARTS) is 1. The molecule has 0 saturated heterocycles. The lowest BCUT2D eigenvalue weighted by atomic mass is 9.98. The van der Waals surface area contributed by atoms with Crippen LogP contribution in [-0.4, -0.2) is 23.0 Å². The number of carbonyl (C=O) groups excluding carboxylic acids is 1. The smallest absolute Gasteiger partial charge is 0.339 e. The van der Waals surface area contributed by atoms with Gasteiger partial charge in [0, 0.05) is 28.3 Å². The third-order valence-corrected chi connectivity index (χ3v) is 5.48. The van der Waals surface area contributed by atoms with E-state index in [2.05, 4.69) is 5.32 Å². The number of aliphatic carboxylic acids is 1. The highest BCUT2D eigenvalue weighted by Crippen LogP contribution is 2.32. The molecule has 0 bridgehead atoms. The number of hydrogen-bond acceptors (Lipinski definition) is 5. The summed E-state index contributed by atoms with van der Waals surface area (Å²) in [6.45, 7) is 9.43. The van der Waals surface area contributed by atoms with Crippen molar-refractivity contribution < 1.29 is 23.5 Å². The number of benzene rings is 1. The lowest BCUT2D eigenvalue weighted by Crippen LogP contribution is -2.41. The Morgan fingerprint density at radius 3 is 2.43 bits per heavy atom. The van der Waals surface area contributed by atoms with E-state index in [4.69, 9.17) is 8.83 Å². The SMILES string of the molecule is Cc1coc2c(C)c3oc(=O)c(CCC(=O)NC(CC(C)C)C(=O)O)c(C)c3cc12. The number of rotatable bonds is 7. The minimum Gasteiger partial charge on any atom is -0.480 e. The Labute approximate surface area is 174 Å². The van der Waals surface area contributed by atoms with Gasteiger partial charge in [0.25, 0.3) is 0 Å². The zero-order chi connectivity index (χ0) is 22.2. The fourth-order valence-corrected chi connectivity index (χ4v) is 3.81. The summed E-state index contributed by atoms with van der Waals surface area (Å²) < 4.78 is 11.2. The second-order valence-electron chi connectivity index (χ2n) is 8.25. The molecule has 0 aliphatic rings. The van der Waals surface area contributed by atoms with Crippen LogP contribution in [0, 0.1) is 26.7 Å². The summed E-state index contributed by atoms with van der Waals surface area (Å²) in [6.07, 6.45) is 2.19. The zero-order valence-electron chi connectivity index (χ0n) is 17.9. The van der Waals surface area contributed by atoms with Crippen molar-refractivity contribution in [1.82, 2.24) is 5.32 Å². The molecule has 2 aromatic heterocycles. The van der Waals surface area contributed by atoms with Gasteiger partial charge in [0.2, 0.25) is 5.91 Å². The van der Waals surface area contributed by atoms with E-state index in [1.165, 1.54) is 0 Å². The third-order valence-electron chi connectivity index (χ3n) is 5.48. The van der Waals surface area contributed by atoms with E-state index >= 15 is 0 Å². The van der Waals surface area contributed by atoms with Gasteiger partial charge in [-0.05, 0) is 56.7 Å². The molecule has 0 aliphatic heterocycles. The molecule has 0 saturated carbocycles. The van der Waals surface area contributed by atoms with E-state index in [1.54, 1.807) is 6.26 Å². The molecule has 1 amide bonds. The zero-order valence-corrected chi connectivity index (χ0v) is 17.9. The number of carbonyl (C=O) groups is 2. The minimum absolute atomic E-state index is 0.00491. The number of nitrogens with one attached hydrogen (secondary N) is 1. The van der Waals surface area contributed by atoms with Gasteiger partial charge in [-0.2, -0.15) is 0 Å².